The highest BCUT2D eigenvalue weighted by molar-refractivity contribution is 8.14. The molecular formula is C23H25ClN6O2S. The Morgan fingerprint density at radius 2 is 2.00 bits per heavy atom. The number of nitrogens with zero attached hydrogens (tertiary/aromatic N) is 3. The monoisotopic (exact) mass is 484 g/mol. The molecule has 1 fully saturated rings. The van der Waals surface area contributed by atoms with Crippen LogP contribution in [0.5, 0.6) is 5.75 Å². The molecule has 3 N–H and O–H groups in total. The van der Waals surface area contributed by atoms with Gasteiger partial charge in [-0.05, 0) is 41.8 Å². The van der Waals surface area contributed by atoms with Gasteiger partial charge in [0.05, 0.1) is 24.9 Å². The molecule has 3 aliphatic heterocycles. The molecule has 0 radical (unpaired) electrons. The summed E-state index contributed by atoms with van der Waals surface area (Å²) in [7, 11) is 1.67. The van der Waals surface area contributed by atoms with Gasteiger partial charge >= 0.3 is 0 Å². The Morgan fingerprint density at radius 3 is 2.76 bits per heavy atom. The SMILES string of the molecule is COc1ccc(C2CC3C4NN=C(SCC(=O)NCc5ccc(Cl)cc5)N4C=CN3N2)cc1. The summed E-state index contributed by atoms with van der Waals surface area (Å²) < 4.78 is 5.27. The number of nitrogens with one attached hydrogen (secondary N) is 3. The lowest BCUT2D eigenvalue weighted by Crippen LogP contribution is -2.54. The van der Waals surface area contributed by atoms with Crippen molar-refractivity contribution in [1.29, 1.82) is 0 Å². The standard InChI is InChI=1S/C23H25ClN6O2S/c1-32-18-8-4-16(5-9-18)19-12-20-22-26-27-23(29(22)10-11-30(20)28-19)33-14-21(31)25-13-15-2-6-17(24)7-3-15/h2-11,19-20,22,26,28H,12-14H2,1H3,(H,25,31). The summed E-state index contributed by atoms with van der Waals surface area (Å²) in [6.45, 7) is 0.475. The second-order valence-electron chi connectivity index (χ2n) is 8.03. The molecule has 3 unspecified atom stereocenters. The van der Waals surface area contributed by atoms with E-state index in [-0.39, 0.29) is 24.2 Å². The fourth-order valence-electron chi connectivity index (χ4n) is 4.19. The number of hydrogen-bond acceptors (Lipinski definition) is 8. The van der Waals surface area contributed by atoms with E-state index in [4.69, 9.17) is 16.3 Å². The number of ether oxygens (including phenoxy) is 1. The third-order valence-corrected chi connectivity index (χ3v) is 7.18. The largest absolute Gasteiger partial charge is 0.497 e. The van der Waals surface area contributed by atoms with Crippen molar-refractivity contribution >= 4 is 34.4 Å². The lowest BCUT2D eigenvalue weighted by Gasteiger charge is -2.36. The van der Waals surface area contributed by atoms with Crippen LogP contribution in [-0.2, 0) is 11.3 Å². The van der Waals surface area contributed by atoms with Crippen molar-refractivity contribution in [1.82, 2.24) is 26.1 Å². The fourth-order valence-corrected chi connectivity index (χ4v) is 5.12. The highest BCUT2D eigenvalue weighted by Crippen LogP contribution is 2.35. The van der Waals surface area contributed by atoms with Gasteiger partial charge in [0.25, 0.3) is 0 Å². The Hall–Kier alpha value is -2.88. The molecule has 3 atom stereocenters. The van der Waals surface area contributed by atoms with E-state index in [9.17, 15) is 4.79 Å². The third kappa shape index (κ3) is 4.75. The van der Waals surface area contributed by atoms with E-state index in [0.29, 0.717) is 17.3 Å². The number of rotatable bonds is 6. The molecule has 172 valence electrons. The maximum Gasteiger partial charge on any atom is 0.230 e. The van der Waals surface area contributed by atoms with Crippen molar-refractivity contribution in [3.63, 3.8) is 0 Å². The first kappa shape index (κ1) is 21.9. The van der Waals surface area contributed by atoms with Crippen molar-refractivity contribution < 1.29 is 9.53 Å². The Morgan fingerprint density at radius 1 is 1.21 bits per heavy atom. The topological polar surface area (TPSA) is 81.2 Å². The van der Waals surface area contributed by atoms with Crippen LogP contribution in [-0.4, -0.2) is 46.1 Å². The average molecular weight is 485 g/mol. The van der Waals surface area contributed by atoms with Crippen LogP contribution in [0.15, 0.2) is 66.0 Å². The molecule has 0 spiro atoms. The van der Waals surface area contributed by atoms with Crippen LogP contribution in [0.25, 0.3) is 0 Å². The van der Waals surface area contributed by atoms with Gasteiger partial charge in [0.2, 0.25) is 5.91 Å². The molecule has 5 rings (SSSR count). The molecule has 33 heavy (non-hydrogen) atoms. The molecule has 10 heteroatoms. The number of amidine groups is 1. The molecule has 8 nitrogen and oxygen atoms in total. The van der Waals surface area contributed by atoms with Crippen LogP contribution < -0.4 is 20.9 Å². The molecule has 0 bridgehead atoms. The van der Waals surface area contributed by atoms with Gasteiger partial charge in [-0.3, -0.25) is 10.2 Å². The number of halogens is 1. The first-order valence-corrected chi connectivity index (χ1v) is 12.1. The van der Waals surface area contributed by atoms with E-state index in [1.807, 2.05) is 48.8 Å². The predicted octanol–water partition coefficient (Wildman–Crippen LogP) is 3.01. The van der Waals surface area contributed by atoms with Gasteiger partial charge in [-0.25, -0.2) is 5.43 Å². The van der Waals surface area contributed by atoms with E-state index in [1.54, 1.807) is 7.11 Å². The van der Waals surface area contributed by atoms with E-state index in [1.165, 1.54) is 17.3 Å². The summed E-state index contributed by atoms with van der Waals surface area (Å²) in [5.74, 6) is 1.11. The van der Waals surface area contributed by atoms with Crippen LogP contribution >= 0.6 is 23.4 Å². The van der Waals surface area contributed by atoms with Crippen LogP contribution in [0.3, 0.4) is 0 Å². The summed E-state index contributed by atoms with van der Waals surface area (Å²) in [4.78, 5) is 14.4. The molecule has 3 aliphatic rings. The van der Waals surface area contributed by atoms with Crippen molar-refractivity contribution in [2.75, 3.05) is 12.9 Å². The number of amides is 1. The Labute approximate surface area is 202 Å². The van der Waals surface area contributed by atoms with Gasteiger partial charge in [0.1, 0.15) is 11.9 Å². The van der Waals surface area contributed by atoms with Crippen molar-refractivity contribution in [2.45, 2.75) is 31.2 Å². The second-order valence-corrected chi connectivity index (χ2v) is 9.41. The summed E-state index contributed by atoms with van der Waals surface area (Å²) in [5.41, 5.74) is 9.05. The number of carbonyl (C=O) groups is 1. The zero-order valence-electron chi connectivity index (χ0n) is 18.1. The van der Waals surface area contributed by atoms with Crippen molar-refractivity contribution in [2.24, 2.45) is 5.10 Å². The van der Waals surface area contributed by atoms with Gasteiger partial charge in [-0.15, -0.1) is 0 Å². The van der Waals surface area contributed by atoms with Crippen LogP contribution in [0.1, 0.15) is 23.6 Å². The molecular weight excluding hydrogens is 460 g/mol. The quantitative estimate of drug-likeness (QED) is 0.581. The van der Waals surface area contributed by atoms with Crippen LogP contribution in [0.4, 0.5) is 0 Å². The van der Waals surface area contributed by atoms with E-state index in [2.05, 4.69) is 43.3 Å². The number of hydrogen-bond donors (Lipinski definition) is 3. The van der Waals surface area contributed by atoms with Crippen LogP contribution in [0, 0.1) is 0 Å². The number of methoxy groups -OCH3 is 1. The number of fused-ring (bicyclic) bond motifs is 3. The molecule has 3 heterocycles. The molecule has 1 saturated heterocycles. The number of thioether (sulfide) groups is 1. The number of benzene rings is 2. The molecule has 1 amide bonds. The van der Waals surface area contributed by atoms with Crippen LogP contribution in [0.2, 0.25) is 5.02 Å². The second kappa shape index (κ2) is 9.54. The van der Waals surface area contributed by atoms with Crippen molar-refractivity contribution in [3.05, 3.63) is 77.1 Å². The third-order valence-electron chi connectivity index (χ3n) is 5.96. The Kier molecular flexibility index (Phi) is 6.34. The lowest BCUT2D eigenvalue weighted by molar-refractivity contribution is -0.118. The van der Waals surface area contributed by atoms with Gasteiger partial charge in [0.15, 0.2) is 5.17 Å². The average Bonchev–Trinajstić information content (AvgIpc) is 3.46. The zero-order valence-corrected chi connectivity index (χ0v) is 19.6. The maximum absolute atomic E-state index is 12.3. The summed E-state index contributed by atoms with van der Waals surface area (Å²) in [5, 5.41) is 11.1. The lowest BCUT2D eigenvalue weighted by atomic mass is 10.00. The van der Waals surface area contributed by atoms with Gasteiger partial charge in [0, 0.05) is 24.0 Å². The minimum absolute atomic E-state index is 0.0189. The van der Waals surface area contributed by atoms with E-state index >= 15 is 0 Å². The maximum atomic E-state index is 12.3. The highest BCUT2D eigenvalue weighted by Gasteiger charge is 2.44. The minimum atomic E-state index is -0.0363. The van der Waals surface area contributed by atoms with Gasteiger partial charge in [-0.2, -0.15) is 5.10 Å². The Balaban J connectivity index is 1.13. The van der Waals surface area contributed by atoms with Gasteiger partial charge in [-0.1, -0.05) is 47.6 Å². The van der Waals surface area contributed by atoms with E-state index in [0.717, 1.165) is 22.9 Å². The minimum Gasteiger partial charge on any atom is -0.497 e. The summed E-state index contributed by atoms with van der Waals surface area (Å²) in [6, 6.07) is 16.0. The molecule has 2 aromatic rings. The highest BCUT2D eigenvalue weighted by atomic mass is 35.5. The van der Waals surface area contributed by atoms with E-state index < -0.39 is 0 Å². The number of hydrazone groups is 1. The first-order valence-electron chi connectivity index (χ1n) is 10.7. The van der Waals surface area contributed by atoms with Gasteiger partial charge < -0.3 is 20.0 Å². The summed E-state index contributed by atoms with van der Waals surface area (Å²) in [6.07, 6.45) is 4.99. The number of carbonyl (C=O) groups excluding carboxylic acids is 1. The molecule has 0 aliphatic carbocycles. The smallest absolute Gasteiger partial charge is 0.230 e. The molecule has 2 aromatic carbocycles. The first-order chi connectivity index (χ1) is 16.1. The molecule has 0 saturated carbocycles. The Bertz CT molecular complexity index is 1060. The fraction of sp³-hybridized carbons (Fsp3) is 0.304. The molecule has 0 aromatic heterocycles. The van der Waals surface area contributed by atoms with Crippen molar-refractivity contribution in [3.8, 4) is 5.75 Å². The number of hydrazine groups is 1. The summed E-state index contributed by atoms with van der Waals surface area (Å²) >= 11 is 7.33. The predicted molar refractivity (Wildman–Crippen MR) is 130 cm³/mol. The normalized spacial score (nSPS) is 23.0. The zero-order chi connectivity index (χ0) is 22.8.